The van der Waals surface area contributed by atoms with Crippen molar-refractivity contribution in [3.8, 4) is 0 Å². The number of primary amides is 1. The van der Waals surface area contributed by atoms with E-state index in [1.165, 1.54) is 18.7 Å². The van der Waals surface area contributed by atoms with E-state index < -0.39 is 23.3 Å². The van der Waals surface area contributed by atoms with Gasteiger partial charge in [-0.3, -0.25) is 24.1 Å². The van der Waals surface area contributed by atoms with E-state index in [0.717, 1.165) is 10.5 Å². The van der Waals surface area contributed by atoms with Crippen LogP contribution in [0.1, 0.15) is 39.2 Å². The average molecular weight is 391 g/mol. The van der Waals surface area contributed by atoms with Gasteiger partial charge in [0, 0.05) is 25.5 Å². The molecule has 27 heavy (non-hydrogen) atoms. The fraction of sp³-hybridized carbons (Fsp3) is 0.500. The Morgan fingerprint density at radius 2 is 1.89 bits per heavy atom. The van der Waals surface area contributed by atoms with E-state index in [-0.39, 0.29) is 29.8 Å². The third-order valence-electron chi connectivity index (χ3n) is 5.09. The zero-order valence-corrected chi connectivity index (χ0v) is 16.8. The molecule has 0 saturated carbocycles. The zero-order valence-electron chi connectivity index (χ0n) is 15.9. The van der Waals surface area contributed by atoms with Gasteiger partial charge in [0.1, 0.15) is 6.04 Å². The number of rotatable bonds is 8. The maximum atomic E-state index is 13.0. The highest BCUT2D eigenvalue weighted by Gasteiger charge is 2.49. The minimum absolute atomic E-state index is 0.0258. The second kappa shape index (κ2) is 8.69. The highest BCUT2D eigenvalue weighted by atomic mass is 32.2. The van der Waals surface area contributed by atoms with Crippen molar-refractivity contribution < 1.29 is 19.2 Å². The molecule has 1 aliphatic heterocycles. The van der Waals surface area contributed by atoms with Gasteiger partial charge in [0.2, 0.25) is 17.7 Å². The van der Waals surface area contributed by atoms with Gasteiger partial charge in [0.25, 0.3) is 0 Å². The molecule has 0 bridgehead atoms. The first kappa shape index (κ1) is 21.2. The van der Waals surface area contributed by atoms with Gasteiger partial charge < -0.3 is 5.73 Å². The number of imide groups is 1. The molecule has 1 aromatic carbocycles. The summed E-state index contributed by atoms with van der Waals surface area (Å²) in [4.78, 5) is 49.8. The second-order valence-corrected chi connectivity index (χ2v) is 8.82. The number of amides is 3. The van der Waals surface area contributed by atoms with Crippen molar-refractivity contribution in [1.29, 1.82) is 0 Å². The summed E-state index contributed by atoms with van der Waals surface area (Å²) in [6.07, 6.45) is 0.894. The highest BCUT2D eigenvalue weighted by molar-refractivity contribution is 8.13. The quantitative estimate of drug-likeness (QED) is 0.686. The van der Waals surface area contributed by atoms with E-state index in [1.807, 2.05) is 44.2 Å². The van der Waals surface area contributed by atoms with Crippen LogP contribution in [-0.4, -0.2) is 39.5 Å². The van der Waals surface area contributed by atoms with Gasteiger partial charge in [-0.1, -0.05) is 55.9 Å². The van der Waals surface area contributed by atoms with E-state index >= 15 is 0 Å². The van der Waals surface area contributed by atoms with Gasteiger partial charge in [0.15, 0.2) is 5.12 Å². The van der Waals surface area contributed by atoms with Crippen LogP contribution in [0.5, 0.6) is 0 Å². The van der Waals surface area contributed by atoms with Gasteiger partial charge in [-0.25, -0.2) is 0 Å². The number of hydrogen-bond acceptors (Lipinski definition) is 5. The van der Waals surface area contributed by atoms with E-state index in [0.29, 0.717) is 12.2 Å². The molecular weight excluding hydrogens is 364 g/mol. The van der Waals surface area contributed by atoms with Crippen LogP contribution in [0.4, 0.5) is 0 Å². The minimum atomic E-state index is -0.986. The first-order valence-electron chi connectivity index (χ1n) is 8.96. The van der Waals surface area contributed by atoms with Crippen LogP contribution in [0.15, 0.2) is 30.3 Å². The Kier molecular flexibility index (Phi) is 6.81. The summed E-state index contributed by atoms with van der Waals surface area (Å²) >= 11 is 1.21. The molecule has 1 fully saturated rings. The lowest BCUT2D eigenvalue weighted by atomic mass is 9.76. The Bertz CT molecular complexity index is 733. The maximum Gasteiger partial charge on any atom is 0.241 e. The van der Waals surface area contributed by atoms with Crippen molar-refractivity contribution >= 4 is 34.6 Å². The molecular formula is C20H26N2O4S. The Morgan fingerprint density at radius 1 is 1.26 bits per heavy atom. The number of nitrogens with two attached hydrogens (primary N) is 1. The van der Waals surface area contributed by atoms with Gasteiger partial charge in [-0.2, -0.15) is 0 Å². The molecule has 1 heterocycles. The van der Waals surface area contributed by atoms with E-state index in [9.17, 15) is 19.2 Å². The van der Waals surface area contributed by atoms with Crippen molar-refractivity contribution in [2.45, 2.75) is 46.1 Å². The summed E-state index contributed by atoms with van der Waals surface area (Å²) in [5.74, 6) is -1.33. The van der Waals surface area contributed by atoms with E-state index in [4.69, 9.17) is 5.73 Å². The van der Waals surface area contributed by atoms with Crippen LogP contribution in [-0.2, 0) is 25.6 Å². The molecule has 0 aromatic heterocycles. The van der Waals surface area contributed by atoms with Gasteiger partial charge in [-0.15, -0.1) is 0 Å². The molecule has 0 radical (unpaired) electrons. The molecule has 1 aromatic rings. The molecule has 0 unspecified atom stereocenters. The Labute approximate surface area is 163 Å². The molecule has 0 spiro atoms. The van der Waals surface area contributed by atoms with Crippen molar-refractivity contribution in [3.05, 3.63) is 35.9 Å². The monoisotopic (exact) mass is 390 g/mol. The number of carbonyl (C=O) groups excluding carboxylic acids is 4. The third kappa shape index (κ3) is 5.19. The molecule has 146 valence electrons. The molecule has 6 nitrogen and oxygen atoms in total. The number of likely N-dealkylation sites (tertiary alicyclic amines) is 1. The summed E-state index contributed by atoms with van der Waals surface area (Å²) in [7, 11) is 0. The predicted octanol–water partition coefficient (Wildman–Crippen LogP) is 2.15. The summed E-state index contributed by atoms with van der Waals surface area (Å²) in [5, 5.41) is 0.0258. The lowest BCUT2D eigenvalue weighted by molar-refractivity contribution is -0.147. The lowest BCUT2D eigenvalue weighted by Gasteiger charge is -2.31. The summed E-state index contributed by atoms with van der Waals surface area (Å²) in [6, 6.07) is 8.20. The van der Waals surface area contributed by atoms with Crippen LogP contribution in [0.25, 0.3) is 0 Å². The fourth-order valence-corrected chi connectivity index (χ4v) is 4.29. The Balaban J connectivity index is 2.17. The smallest absolute Gasteiger partial charge is 0.241 e. The fourth-order valence-electron chi connectivity index (χ4n) is 3.38. The van der Waals surface area contributed by atoms with Crippen molar-refractivity contribution in [1.82, 2.24) is 4.90 Å². The standard InChI is InChI=1S/C20H26N2O4S/c1-13(23)27-10-9-20(2,3)15-12-17(24)22(19(15)26)16(18(21)25)11-14-7-5-4-6-8-14/h4-8,15-16H,9-12H2,1-3H3,(H2,21,25)/t15-,16-/m0/s1. The lowest BCUT2D eigenvalue weighted by Crippen LogP contribution is -2.50. The summed E-state index contributed by atoms with van der Waals surface area (Å²) < 4.78 is 0. The third-order valence-corrected chi connectivity index (χ3v) is 5.90. The number of nitrogens with zero attached hydrogens (tertiary/aromatic N) is 1. The maximum absolute atomic E-state index is 13.0. The first-order valence-corrected chi connectivity index (χ1v) is 9.94. The zero-order chi connectivity index (χ0) is 20.2. The molecule has 3 amide bonds. The minimum Gasteiger partial charge on any atom is -0.368 e. The van der Waals surface area contributed by atoms with E-state index in [2.05, 4.69) is 0 Å². The van der Waals surface area contributed by atoms with Crippen LogP contribution in [0.3, 0.4) is 0 Å². The highest BCUT2D eigenvalue weighted by Crippen LogP contribution is 2.40. The number of hydrogen-bond donors (Lipinski definition) is 1. The van der Waals surface area contributed by atoms with Crippen LogP contribution in [0.2, 0.25) is 0 Å². The number of thioether (sulfide) groups is 1. The van der Waals surface area contributed by atoms with Crippen molar-refractivity contribution in [2.75, 3.05) is 5.75 Å². The number of carbonyl (C=O) groups is 4. The van der Waals surface area contributed by atoms with Gasteiger partial charge >= 0.3 is 0 Å². The molecule has 2 atom stereocenters. The topological polar surface area (TPSA) is 97.5 Å². The number of benzene rings is 1. The normalized spacial score (nSPS) is 18.6. The molecule has 0 aliphatic carbocycles. The summed E-state index contributed by atoms with van der Waals surface area (Å²) in [5.41, 5.74) is 5.91. The van der Waals surface area contributed by atoms with Crippen molar-refractivity contribution in [3.63, 3.8) is 0 Å². The molecule has 2 rings (SSSR count). The molecule has 2 N–H and O–H groups in total. The van der Waals surface area contributed by atoms with Crippen molar-refractivity contribution in [2.24, 2.45) is 17.1 Å². The van der Waals surface area contributed by atoms with E-state index in [1.54, 1.807) is 0 Å². The molecule has 1 saturated heterocycles. The van der Waals surface area contributed by atoms with Gasteiger partial charge in [-0.05, 0) is 17.4 Å². The van der Waals surface area contributed by atoms with Crippen LogP contribution in [0, 0.1) is 11.3 Å². The largest absolute Gasteiger partial charge is 0.368 e. The second-order valence-electron chi connectivity index (χ2n) is 7.55. The predicted molar refractivity (Wildman–Crippen MR) is 105 cm³/mol. The molecule has 7 heteroatoms. The average Bonchev–Trinajstić information content (AvgIpc) is 2.88. The van der Waals surface area contributed by atoms with Gasteiger partial charge in [0.05, 0.1) is 5.92 Å². The Morgan fingerprint density at radius 3 is 2.44 bits per heavy atom. The SMILES string of the molecule is CC(=O)SCCC(C)(C)[C@H]1CC(=O)N([C@@H](Cc2ccccc2)C(N)=O)C1=O. The Hall–Kier alpha value is -2.15. The first-order chi connectivity index (χ1) is 12.6. The molecule has 1 aliphatic rings. The van der Waals surface area contributed by atoms with Crippen LogP contribution < -0.4 is 5.73 Å². The summed E-state index contributed by atoms with van der Waals surface area (Å²) in [6.45, 7) is 5.34. The van der Waals surface area contributed by atoms with Crippen LogP contribution >= 0.6 is 11.8 Å².